The summed E-state index contributed by atoms with van der Waals surface area (Å²) in [6.07, 6.45) is 1.51. The Labute approximate surface area is 86.6 Å². The molecule has 1 atom stereocenters. The molecule has 1 unspecified atom stereocenters. The van der Waals surface area contributed by atoms with Gasteiger partial charge in [-0.05, 0) is 24.2 Å². The minimum absolute atomic E-state index is 0.322. The standard InChI is InChI=1S/C11H12F3N/c1-3-10(15-4-2)7-5-8(12)11(14)9(13)6-7/h3,5-6,10,15H,1,4H2,2H3. The summed E-state index contributed by atoms with van der Waals surface area (Å²) in [5.74, 6) is -3.82. The van der Waals surface area contributed by atoms with Crippen LogP contribution < -0.4 is 5.32 Å². The van der Waals surface area contributed by atoms with Crippen molar-refractivity contribution in [2.24, 2.45) is 0 Å². The maximum absolute atomic E-state index is 12.9. The predicted molar refractivity (Wildman–Crippen MR) is 52.9 cm³/mol. The highest BCUT2D eigenvalue weighted by Crippen LogP contribution is 2.19. The Balaban J connectivity index is 3.08. The quantitative estimate of drug-likeness (QED) is 0.601. The first-order chi connectivity index (χ1) is 7.10. The molecule has 1 aromatic carbocycles. The molecule has 0 saturated carbocycles. The van der Waals surface area contributed by atoms with E-state index in [1.54, 1.807) is 0 Å². The minimum Gasteiger partial charge on any atom is -0.307 e. The Hall–Kier alpha value is -1.29. The molecule has 82 valence electrons. The second-order valence-corrected chi connectivity index (χ2v) is 3.07. The molecular formula is C11H12F3N. The molecule has 0 heterocycles. The molecule has 0 aliphatic carbocycles. The lowest BCUT2D eigenvalue weighted by molar-refractivity contribution is 0.443. The SMILES string of the molecule is C=CC(NCC)c1cc(F)c(F)c(F)c1. The van der Waals surface area contributed by atoms with Crippen LogP contribution in [-0.4, -0.2) is 6.54 Å². The van der Waals surface area contributed by atoms with Gasteiger partial charge in [0.1, 0.15) is 0 Å². The normalized spacial score (nSPS) is 12.5. The monoisotopic (exact) mass is 215 g/mol. The maximum atomic E-state index is 12.9. The van der Waals surface area contributed by atoms with Gasteiger partial charge >= 0.3 is 0 Å². The molecule has 0 fully saturated rings. The van der Waals surface area contributed by atoms with Crippen LogP contribution in [0, 0.1) is 17.5 Å². The predicted octanol–water partition coefficient (Wildman–Crippen LogP) is 2.94. The Kier molecular flexibility index (Phi) is 3.91. The molecule has 0 spiro atoms. The van der Waals surface area contributed by atoms with Crippen LogP contribution in [0.3, 0.4) is 0 Å². The van der Waals surface area contributed by atoms with Crippen molar-refractivity contribution < 1.29 is 13.2 Å². The van der Waals surface area contributed by atoms with E-state index < -0.39 is 17.5 Å². The van der Waals surface area contributed by atoms with Crippen molar-refractivity contribution in [3.63, 3.8) is 0 Å². The van der Waals surface area contributed by atoms with Crippen LogP contribution in [0.25, 0.3) is 0 Å². The van der Waals surface area contributed by atoms with Crippen LogP contribution in [0.15, 0.2) is 24.8 Å². The molecule has 0 aliphatic heterocycles. The average Bonchev–Trinajstić information content (AvgIpc) is 2.22. The number of hydrogen-bond donors (Lipinski definition) is 1. The summed E-state index contributed by atoms with van der Waals surface area (Å²) in [6, 6.07) is 1.56. The lowest BCUT2D eigenvalue weighted by atomic mass is 10.1. The number of halogens is 3. The van der Waals surface area contributed by atoms with E-state index in [0.29, 0.717) is 12.1 Å². The van der Waals surface area contributed by atoms with Gasteiger partial charge < -0.3 is 5.32 Å². The van der Waals surface area contributed by atoms with Gasteiger partial charge in [0.15, 0.2) is 17.5 Å². The van der Waals surface area contributed by atoms with Crippen molar-refractivity contribution >= 4 is 0 Å². The fraction of sp³-hybridized carbons (Fsp3) is 0.273. The lowest BCUT2D eigenvalue weighted by Crippen LogP contribution is -2.19. The summed E-state index contributed by atoms with van der Waals surface area (Å²) in [5, 5.41) is 2.95. The van der Waals surface area contributed by atoms with Crippen LogP contribution in [0.1, 0.15) is 18.5 Å². The largest absolute Gasteiger partial charge is 0.307 e. The molecule has 0 amide bonds. The first-order valence-corrected chi connectivity index (χ1v) is 4.60. The average molecular weight is 215 g/mol. The van der Waals surface area contributed by atoms with Crippen LogP contribution in [0.4, 0.5) is 13.2 Å². The van der Waals surface area contributed by atoms with Crippen molar-refractivity contribution in [2.75, 3.05) is 6.54 Å². The second kappa shape index (κ2) is 4.98. The van der Waals surface area contributed by atoms with Gasteiger partial charge in [-0.3, -0.25) is 0 Å². The van der Waals surface area contributed by atoms with Gasteiger partial charge in [-0.1, -0.05) is 13.0 Å². The van der Waals surface area contributed by atoms with E-state index in [9.17, 15) is 13.2 Å². The molecule has 4 heteroatoms. The molecule has 1 aromatic rings. The zero-order chi connectivity index (χ0) is 11.4. The topological polar surface area (TPSA) is 12.0 Å². The Morgan fingerprint density at radius 2 is 1.87 bits per heavy atom. The Morgan fingerprint density at radius 1 is 1.33 bits per heavy atom. The summed E-state index contributed by atoms with van der Waals surface area (Å²) in [6.45, 7) is 6.01. The molecule has 0 radical (unpaired) electrons. The zero-order valence-corrected chi connectivity index (χ0v) is 8.36. The third kappa shape index (κ3) is 2.59. The molecule has 1 rings (SSSR count). The summed E-state index contributed by atoms with van der Waals surface area (Å²) >= 11 is 0. The van der Waals surface area contributed by atoms with Crippen molar-refractivity contribution in [1.82, 2.24) is 5.32 Å². The van der Waals surface area contributed by atoms with Crippen molar-refractivity contribution in [3.8, 4) is 0 Å². The third-order valence-electron chi connectivity index (χ3n) is 2.03. The second-order valence-electron chi connectivity index (χ2n) is 3.07. The van der Waals surface area contributed by atoms with Crippen molar-refractivity contribution in [1.29, 1.82) is 0 Å². The fourth-order valence-electron chi connectivity index (χ4n) is 1.31. The van der Waals surface area contributed by atoms with E-state index in [-0.39, 0.29) is 6.04 Å². The highest BCUT2D eigenvalue weighted by molar-refractivity contribution is 5.25. The van der Waals surface area contributed by atoms with Gasteiger partial charge in [0, 0.05) is 0 Å². The van der Waals surface area contributed by atoms with Crippen molar-refractivity contribution in [3.05, 3.63) is 47.8 Å². The van der Waals surface area contributed by atoms with E-state index >= 15 is 0 Å². The highest BCUT2D eigenvalue weighted by atomic mass is 19.2. The Morgan fingerprint density at radius 3 is 2.27 bits per heavy atom. The van der Waals surface area contributed by atoms with Crippen LogP contribution >= 0.6 is 0 Å². The van der Waals surface area contributed by atoms with E-state index in [0.717, 1.165) is 12.1 Å². The summed E-state index contributed by atoms with van der Waals surface area (Å²) in [7, 11) is 0. The molecule has 0 bridgehead atoms. The highest BCUT2D eigenvalue weighted by Gasteiger charge is 2.14. The van der Waals surface area contributed by atoms with Gasteiger partial charge in [0.2, 0.25) is 0 Å². The number of nitrogens with one attached hydrogen (secondary N) is 1. The van der Waals surface area contributed by atoms with Gasteiger partial charge in [0.25, 0.3) is 0 Å². The van der Waals surface area contributed by atoms with E-state index in [1.165, 1.54) is 6.08 Å². The number of benzene rings is 1. The first kappa shape index (κ1) is 11.8. The molecule has 0 aromatic heterocycles. The van der Waals surface area contributed by atoms with Crippen LogP contribution in [0.2, 0.25) is 0 Å². The van der Waals surface area contributed by atoms with Crippen LogP contribution in [-0.2, 0) is 0 Å². The summed E-state index contributed by atoms with van der Waals surface area (Å²) in [4.78, 5) is 0. The third-order valence-corrected chi connectivity index (χ3v) is 2.03. The van der Waals surface area contributed by atoms with Crippen LogP contribution in [0.5, 0.6) is 0 Å². The van der Waals surface area contributed by atoms with E-state index in [2.05, 4.69) is 11.9 Å². The Bertz CT molecular complexity index is 340. The van der Waals surface area contributed by atoms with Gasteiger partial charge in [-0.2, -0.15) is 0 Å². The number of likely N-dealkylation sites (N-methyl/N-ethyl adjacent to an activating group) is 1. The van der Waals surface area contributed by atoms with Gasteiger partial charge in [-0.25, -0.2) is 13.2 Å². The molecule has 0 aliphatic rings. The first-order valence-electron chi connectivity index (χ1n) is 4.60. The van der Waals surface area contributed by atoms with Gasteiger partial charge in [-0.15, -0.1) is 6.58 Å². The summed E-state index contributed by atoms with van der Waals surface area (Å²) in [5.41, 5.74) is 0.322. The summed E-state index contributed by atoms with van der Waals surface area (Å²) < 4.78 is 38.5. The molecule has 0 saturated heterocycles. The fourth-order valence-corrected chi connectivity index (χ4v) is 1.31. The van der Waals surface area contributed by atoms with E-state index in [1.807, 2.05) is 6.92 Å². The minimum atomic E-state index is -1.45. The number of rotatable bonds is 4. The molecular weight excluding hydrogens is 203 g/mol. The van der Waals surface area contributed by atoms with E-state index in [4.69, 9.17) is 0 Å². The number of hydrogen-bond acceptors (Lipinski definition) is 1. The lowest BCUT2D eigenvalue weighted by Gasteiger charge is -2.14. The zero-order valence-electron chi connectivity index (χ0n) is 8.36. The van der Waals surface area contributed by atoms with Crippen molar-refractivity contribution in [2.45, 2.75) is 13.0 Å². The molecule has 15 heavy (non-hydrogen) atoms. The smallest absolute Gasteiger partial charge is 0.194 e. The maximum Gasteiger partial charge on any atom is 0.194 e. The molecule has 1 nitrogen and oxygen atoms in total. The molecule has 1 N–H and O–H groups in total. The van der Waals surface area contributed by atoms with Gasteiger partial charge in [0.05, 0.1) is 6.04 Å².